The second-order valence-electron chi connectivity index (χ2n) is 17.0. The Bertz CT molecular complexity index is 1470. The van der Waals surface area contributed by atoms with Gasteiger partial charge in [-0.15, -0.1) is 0 Å². The molecule has 3 saturated heterocycles. The van der Waals surface area contributed by atoms with Crippen molar-refractivity contribution in [1.29, 1.82) is 5.26 Å². The number of likely N-dealkylation sites (tertiary alicyclic amines) is 2. The fraction of sp³-hybridized carbons (Fsp3) is 0.703. The second-order valence-corrected chi connectivity index (χ2v) is 17.0. The summed E-state index contributed by atoms with van der Waals surface area (Å²) in [6, 6.07) is 8.37. The number of rotatable bonds is 8. The van der Waals surface area contributed by atoms with Crippen molar-refractivity contribution in [3.05, 3.63) is 47.3 Å². The van der Waals surface area contributed by atoms with E-state index in [-0.39, 0.29) is 40.8 Å². The highest BCUT2D eigenvalue weighted by Gasteiger charge is 2.68. The lowest BCUT2D eigenvalue weighted by molar-refractivity contribution is -0.199. The van der Waals surface area contributed by atoms with Gasteiger partial charge in [0.25, 0.3) is 5.91 Å². The molecule has 0 unspecified atom stereocenters. The number of piperidine rings is 1. The lowest BCUT2D eigenvalue weighted by atomic mass is 9.43. The summed E-state index contributed by atoms with van der Waals surface area (Å²) < 4.78 is 32.9. The maximum absolute atomic E-state index is 13.7. The Hall–Kier alpha value is -2.94. The highest BCUT2D eigenvalue weighted by molar-refractivity contribution is 6.47. The molecule has 6 aliphatic rings. The van der Waals surface area contributed by atoms with Crippen LogP contribution in [0.1, 0.15) is 86.1 Å². The topological polar surface area (TPSA) is 104 Å². The first-order chi connectivity index (χ1) is 22.5. The van der Waals surface area contributed by atoms with Gasteiger partial charge in [0.2, 0.25) is 0 Å². The van der Waals surface area contributed by atoms with Crippen molar-refractivity contribution in [3.8, 4) is 6.07 Å². The van der Waals surface area contributed by atoms with Crippen LogP contribution in [0.4, 0.5) is 9.18 Å². The van der Waals surface area contributed by atoms with Crippen LogP contribution in [0, 0.1) is 39.8 Å². The summed E-state index contributed by atoms with van der Waals surface area (Å²) >= 11 is 0. The van der Waals surface area contributed by atoms with E-state index < -0.39 is 36.4 Å². The molecule has 1 N–H and O–H groups in total. The molecule has 0 spiro atoms. The molecule has 0 radical (unpaired) electrons. The van der Waals surface area contributed by atoms with E-state index in [2.05, 4.69) is 50.9 Å². The number of benzene rings is 1. The van der Waals surface area contributed by atoms with Crippen LogP contribution in [-0.4, -0.2) is 84.4 Å². The zero-order valence-corrected chi connectivity index (χ0v) is 29.7. The van der Waals surface area contributed by atoms with Gasteiger partial charge in [0.15, 0.2) is 0 Å². The molecule has 3 aliphatic carbocycles. The van der Waals surface area contributed by atoms with E-state index in [1.165, 1.54) is 12.1 Å². The largest absolute Gasteiger partial charge is 0.482 e. The van der Waals surface area contributed by atoms with Gasteiger partial charge in [-0.3, -0.25) is 9.69 Å². The van der Waals surface area contributed by atoms with E-state index in [1.807, 2.05) is 13.8 Å². The highest BCUT2D eigenvalue weighted by Crippen LogP contribution is 2.65. The van der Waals surface area contributed by atoms with Crippen LogP contribution >= 0.6 is 0 Å². The summed E-state index contributed by atoms with van der Waals surface area (Å²) in [5.74, 6) is -0.285. The molecule has 48 heavy (non-hydrogen) atoms. The van der Waals surface area contributed by atoms with Gasteiger partial charge in [-0.05, 0) is 112 Å². The second kappa shape index (κ2) is 12.7. The molecule has 7 rings (SSSR count). The van der Waals surface area contributed by atoms with Crippen molar-refractivity contribution >= 4 is 19.1 Å². The summed E-state index contributed by atoms with van der Waals surface area (Å²) in [5, 5.41) is 13.0. The third-order valence-electron chi connectivity index (χ3n) is 12.2. The van der Waals surface area contributed by atoms with Crippen LogP contribution in [0.2, 0.25) is 0 Å². The number of alkyl carbamates (subject to hydrolysis) is 1. The van der Waals surface area contributed by atoms with Crippen LogP contribution in [0.15, 0.2) is 35.9 Å². The first kappa shape index (κ1) is 34.9. The number of hydrogen-bond acceptors (Lipinski definition) is 7. The standard InChI is InChI=1S/C37H52BFN4O5/c1-34(2)14-16-43(23-34)35(3,4)20-25(21-40)32(44)42-15-8-9-28(22-42)46-33(45)41-31(17-24-10-12-27(39)13-11-24)38-47-30-19-26-18-29(36(26,5)6)37(30,7)48-38/h10-13,20,26,28-31H,8-9,14-19,22-23H2,1-7H3,(H,41,45)/b25-20+/t26-,28-,29-,30+,31-,37-/m0/s1. The third kappa shape index (κ3) is 6.77. The minimum Gasteiger partial charge on any atom is -0.444 e. The number of hydrogen-bond donors (Lipinski definition) is 1. The summed E-state index contributed by atoms with van der Waals surface area (Å²) in [7, 11) is -0.690. The normalized spacial score (nSPS) is 31.8. The molecule has 6 atom stereocenters. The van der Waals surface area contributed by atoms with Crippen molar-refractivity contribution in [3.63, 3.8) is 0 Å². The lowest BCUT2D eigenvalue weighted by Gasteiger charge is -2.64. The molecule has 3 heterocycles. The molecular weight excluding hydrogens is 610 g/mol. The molecule has 2 bridgehead atoms. The van der Waals surface area contributed by atoms with Crippen LogP contribution < -0.4 is 5.32 Å². The Labute approximate surface area is 285 Å². The minimum absolute atomic E-state index is 0.0601. The minimum atomic E-state index is -0.690. The molecular formula is C37H52BFN4O5. The fourth-order valence-electron chi connectivity index (χ4n) is 9.08. The summed E-state index contributed by atoms with van der Waals surface area (Å²) in [4.78, 5) is 31.0. The zero-order chi connectivity index (χ0) is 34.6. The van der Waals surface area contributed by atoms with Crippen LogP contribution in [0.5, 0.6) is 0 Å². The number of nitrogens with one attached hydrogen (secondary N) is 1. The predicted molar refractivity (Wildman–Crippen MR) is 181 cm³/mol. The van der Waals surface area contributed by atoms with E-state index in [9.17, 15) is 19.2 Å². The number of amides is 2. The zero-order valence-electron chi connectivity index (χ0n) is 29.7. The number of nitrogens with zero attached hydrogens (tertiary/aromatic N) is 3. The molecule has 3 aliphatic heterocycles. The molecule has 260 valence electrons. The summed E-state index contributed by atoms with van der Waals surface area (Å²) in [6.45, 7) is 17.8. The van der Waals surface area contributed by atoms with E-state index in [4.69, 9.17) is 14.0 Å². The van der Waals surface area contributed by atoms with Gasteiger partial charge in [-0.2, -0.15) is 5.26 Å². The molecule has 2 amide bonds. The van der Waals surface area contributed by atoms with Crippen molar-refractivity contribution in [2.45, 2.75) is 116 Å². The smallest absolute Gasteiger partial charge is 0.444 e. The molecule has 9 nitrogen and oxygen atoms in total. The lowest BCUT2D eigenvalue weighted by Crippen LogP contribution is -2.65. The van der Waals surface area contributed by atoms with Crippen molar-refractivity contribution < 1.29 is 28.0 Å². The first-order valence-corrected chi connectivity index (χ1v) is 17.7. The molecule has 1 aromatic rings. The Balaban J connectivity index is 1.11. The van der Waals surface area contributed by atoms with Gasteiger partial charge in [0, 0.05) is 18.6 Å². The van der Waals surface area contributed by atoms with Gasteiger partial charge in [-0.1, -0.05) is 39.8 Å². The van der Waals surface area contributed by atoms with Gasteiger partial charge in [0.1, 0.15) is 23.6 Å². The maximum Gasteiger partial charge on any atom is 0.482 e. The van der Waals surface area contributed by atoms with Gasteiger partial charge in [-0.25, -0.2) is 9.18 Å². The molecule has 6 fully saturated rings. The van der Waals surface area contributed by atoms with Gasteiger partial charge < -0.3 is 24.3 Å². The van der Waals surface area contributed by atoms with E-state index in [1.54, 1.807) is 23.1 Å². The van der Waals surface area contributed by atoms with Crippen LogP contribution in [-0.2, 0) is 25.3 Å². The number of ether oxygens (including phenoxy) is 1. The van der Waals surface area contributed by atoms with Crippen LogP contribution in [0.3, 0.4) is 0 Å². The summed E-state index contributed by atoms with van der Waals surface area (Å²) in [6.07, 6.45) is 5.31. The monoisotopic (exact) mass is 662 g/mol. The molecule has 11 heteroatoms. The van der Waals surface area contributed by atoms with Gasteiger partial charge >= 0.3 is 13.2 Å². The van der Waals surface area contributed by atoms with Gasteiger partial charge in [0.05, 0.1) is 24.2 Å². The Kier molecular flexibility index (Phi) is 9.27. The van der Waals surface area contributed by atoms with E-state index in [0.29, 0.717) is 37.6 Å². The Morgan fingerprint density at radius 3 is 2.56 bits per heavy atom. The fourth-order valence-corrected chi connectivity index (χ4v) is 9.08. The molecule has 1 aromatic carbocycles. The average Bonchev–Trinajstić information content (AvgIpc) is 3.59. The number of halogens is 1. The maximum atomic E-state index is 13.7. The third-order valence-corrected chi connectivity index (χ3v) is 12.2. The van der Waals surface area contributed by atoms with E-state index in [0.717, 1.165) is 37.9 Å². The van der Waals surface area contributed by atoms with Crippen molar-refractivity contribution in [2.75, 3.05) is 26.2 Å². The average molecular weight is 663 g/mol. The quantitative estimate of drug-likeness (QED) is 0.217. The highest BCUT2D eigenvalue weighted by atomic mass is 19.1. The van der Waals surface area contributed by atoms with E-state index >= 15 is 0 Å². The van der Waals surface area contributed by atoms with Crippen LogP contribution in [0.25, 0.3) is 0 Å². The molecule has 0 aromatic heterocycles. The predicted octanol–water partition coefficient (Wildman–Crippen LogP) is 5.68. The number of carbonyl (C=O) groups is 2. The van der Waals surface area contributed by atoms with Crippen molar-refractivity contribution in [2.24, 2.45) is 22.7 Å². The Morgan fingerprint density at radius 2 is 1.92 bits per heavy atom. The SMILES string of the molecule is CC1(C)CCN(C(C)(C)/C=C(\C#N)C(=O)N2CCC[C@H](OC(=O)N[C@@H](Cc3ccc(F)cc3)B3O[C@@H]4C[C@@H]5C[C@@H](C5(C)C)[C@]4(C)O3)C2)C1. The number of nitriles is 1. The molecule has 3 saturated carbocycles. The Morgan fingerprint density at radius 1 is 1.19 bits per heavy atom. The first-order valence-electron chi connectivity index (χ1n) is 17.7. The summed E-state index contributed by atoms with van der Waals surface area (Å²) in [5.41, 5.74) is 0.417. The van der Waals surface area contributed by atoms with Crippen molar-refractivity contribution in [1.82, 2.24) is 15.1 Å². The number of carbonyl (C=O) groups excluding carboxylic acids is 2.